The molecule has 4 aromatic rings. The van der Waals surface area contributed by atoms with Gasteiger partial charge in [-0.15, -0.1) is 0 Å². The molecule has 0 atom stereocenters. The van der Waals surface area contributed by atoms with E-state index in [-0.39, 0.29) is 11.7 Å². The van der Waals surface area contributed by atoms with Crippen LogP contribution >= 0.6 is 11.6 Å². The number of hydrogen-bond acceptors (Lipinski definition) is 2. The van der Waals surface area contributed by atoms with E-state index in [2.05, 4.69) is 10.3 Å². The van der Waals surface area contributed by atoms with Gasteiger partial charge in [-0.2, -0.15) is 0 Å². The molecule has 0 saturated carbocycles. The maximum Gasteiger partial charge on any atom is 0.221 e. The first-order valence-corrected chi connectivity index (χ1v) is 10.0. The normalized spacial score (nSPS) is 11.2. The van der Waals surface area contributed by atoms with Crippen molar-refractivity contribution in [2.75, 3.05) is 6.54 Å². The number of hydrogen-bond donors (Lipinski definition) is 2. The molecule has 0 aliphatic rings. The lowest BCUT2D eigenvalue weighted by atomic mass is 10.1. The summed E-state index contributed by atoms with van der Waals surface area (Å²) in [5, 5.41) is 5.70. The highest BCUT2D eigenvalue weighted by Crippen LogP contribution is 2.23. The number of benzene rings is 2. The van der Waals surface area contributed by atoms with E-state index in [9.17, 15) is 9.59 Å². The Morgan fingerprint density at radius 1 is 1.14 bits per heavy atom. The molecule has 6 heteroatoms. The Hall–Kier alpha value is -3.05. The van der Waals surface area contributed by atoms with Crippen LogP contribution in [0.2, 0.25) is 5.02 Å². The maximum atomic E-state index is 12.3. The van der Waals surface area contributed by atoms with Crippen molar-refractivity contribution in [3.63, 3.8) is 0 Å². The van der Waals surface area contributed by atoms with Crippen molar-refractivity contribution in [1.29, 1.82) is 0 Å². The maximum absolute atomic E-state index is 12.3. The lowest BCUT2D eigenvalue weighted by molar-refractivity contribution is -0.121. The number of amides is 1. The molecule has 0 fully saturated rings. The number of aromatic nitrogens is 2. The average Bonchev–Trinajstić information content (AvgIpc) is 3.28. The second-order valence-corrected chi connectivity index (χ2v) is 7.60. The molecular weight excluding hydrogens is 386 g/mol. The van der Waals surface area contributed by atoms with Gasteiger partial charge in [-0.3, -0.25) is 9.59 Å². The highest BCUT2D eigenvalue weighted by atomic mass is 35.5. The number of carbonyl (C=O) groups excluding carboxylic acids is 2. The summed E-state index contributed by atoms with van der Waals surface area (Å²) in [4.78, 5) is 27.4. The average molecular weight is 408 g/mol. The van der Waals surface area contributed by atoms with E-state index in [1.54, 1.807) is 6.92 Å². The van der Waals surface area contributed by atoms with Gasteiger partial charge in [0.05, 0.1) is 0 Å². The smallest absolute Gasteiger partial charge is 0.221 e. The zero-order valence-corrected chi connectivity index (χ0v) is 16.9. The van der Waals surface area contributed by atoms with Crippen LogP contribution < -0.4 is 5.32 Å². The quantitative estimate of drug-likeness (QED) is 0.435. The number of carbonyl (C=O) groups is 2. The number of fused-ring (bicyclic) bond motifs is 2. The number of aromatic amines is 1. The van der Waals surface area contributed by atoms with Gasteiger partial charge in [0, 0.05) is 64.3 Å². The number of rotatable bonds is 7. The van der Waals surface area contributed by atoms with Crippen LogP contribution in [0, 0.1) is 0 Å². The van der Waals surface area contributed by atoms with Gasteiger partial charge in [0.15, 0.2) is 5.78 Å². The molecule has 5 nitrogen and oxygen atoms in total. The molecule has 29 heavy (non-hydrogen) atoms. The van der Waals surface area contributed by atoms with Gasteiger partial charge in [-0.1, -0.05) is 29.8 Å². The standard InChI is InChI=1S/C23H22ClN3O2/c1-15(28)20-14-27(22-5-3-2-4-18(20)22)11-9-23(29)25-10-8-16-13-26-21-7-6-17(24)12-19(16)21/h2-7,12-14,26H,8-11H2,1H3,(H,25,29). The largest absolute Gasteiger partial charge is 0.361 e. The predicted octanol–water partition coefficient (Wildman–Crippen LogP) is 4.73. The summed E-state index contributed by atoms with van der Waals surface area (Å²) >= 11 is 6.09. The molecule has 0 aliphatic heterocycles. The van der Waals surface area contributed by atoms with Gasteiger partial charge < -0.3 is 14.9 Å². The Balaban J connectivity index is 1.35. The molecule has 2 N–H and O–H groups in total. The Morgan fingerprint density at radius 2 is 1.97 bits per heavy atom. The van der Waals surface area contributed by atoms with E-state index in [0.29, 0.717) is 30.1 Å². The van der Waals surface area contributed by atoms with Crippen LogP contribution in [-0.2, 0) is 17.8 Å². The second-order valence-electron chi connectivity index (χ2n) is 7.16. The second kappa shape index (κ2) is 8.13. The van der Waals surface area contributed by atoms with Gasteiger partial charge in [-0.25, -0.2) is 0 Å². The fourth-order valence-corrected chi connectivity index (χ4v) is 3.89. The third-order valence-electron chi connectivity index (χ3n) is 5.19. The Bertz CT molecular complexity index is 1210. The zero-order valence-electron chi connectivity index (χ0n) is 16.2. The summed E-state index contributed by atoms with van der Waals surface area (Å²) in [6, 6.07) is 13.5. The van der Waals surface area contributed by atoms with E-state index >= 15 is 0 Å². The summed E-state index contributed by atoms with van der Waals surface area (Å²) < 4.78 is 1.98. The minimum Gasteiger partial charge on any atom is -0.361 e. The van der Waals surface area contributed by atoms with Crippen molar-refractivity contribution in [1.82, 2.24) is 14.9 Å². The number of nitrogens with one attached hydrogen (secondary N) is 2. The molecule has 4 rings (SSSR count). The topological polar surface area (TPSA) is 66.9 Å². The van der Waals surface area contributed by atoms with Crippen LogP contribution in [0.3, 0.4) is 0 Å². The van der Waals surface area contributed by atoms with Crippen LogP contribution in [0.5, 0.6) is 0 Å². The van der Waals surface area contributed by atoms with Gasteiger partial charge in [0.25, 0.3) is 0 Å². The van der Waals surface area contributed by atoms with Gasteiger partial charge in [-0.05, 0) is 43.2 Å². The predicted molar refractivity (Wildman–Crippen MR) is 117 cm³/mol. The molecule has 0 radical (unpaired) electrons. The molecule has 0 saturated heterocycles. The summed E-state index contributed by atoms with van der Waals surface area (Å²) in [7, 11) is 0. The summed E-state index contributed by atoms with van der Waals surface area (Å²) in [6.45, 7) is 2.66. The molecule has 2 heterocycles. The van der Waals surface area contributed by atoms with E-state index < -0.39 is 0 Å². The zero-order chi connectivity index (χ0) is 20.4. The van der Waals surface area contributed by atoms with Crippen LogP contribution in [0.1, 0.15) is 29.3 Å². The van der Waals surface area contributed by atoms with Gasteiger partial charge >= 0.3 is 0 Å². The van der Waals surface area contributed by atoms with Crippen molar-refractivity contribution in [2.24, 2.45) is 0 Å². The molecule has 148 valence electrons. The fourth-order valence-electron chi connectivity index (χ4n) is 3.72. The van der Waals surface area contributed by atoms with E-state index in [1.165, 1.54) is 0 Å². The number of ketones is 1. The number of para-hydroxylation sites is 1. The van der Waals surface area contributed by atoms with Crippen LogP contribution in [0.15, 0.2) is 54.9 Å². The third kappa shape index (κ3) is 4.05. The van der Waals surface area contributed by atoms with Gasteiger partial charge in [0.1, 0.15) is 0 Å². The van der Waals surface area contributed by atoms with E-state index in [4.69, 9.17) is 11.6 Å². The SMILES string of the molecule is CC(=O)c1cn(CCC(=O)NCCc2c[nH]c3ccc(Cl)cc23)c2ccccc12. The summed E-state index contributed by atoms with van der Waals surface area (Å²) in [6.07, 6.45) is 4.89. The lowest BCUT2D eigenvalue weighted by Crippen LogP contribution is -2.26. The number of Topliss-reactive ketones (excluding diaryl/α,β-unsaturated/α-hetero) is 1. The van der Waals surface area contributed by atoms with Crippen molar-refractivity contribution < 1.29 is 9.59 Å². The van der Waals surface area contributed by atoms with Crippen molar-refractivity contribution in [2.45, 2.75) is 26.3 Å². The molecular formula is C23H22ClN3O2. The summed E-state index contributed by atoms with van der Waals surface area (Å²) in [5.74, 6) is 0.0215. The Morgan fingerprint density at radius 3 is 2.79 bits per heavy atom. The molecule has 1 amide bonds. The molecule has 2 aromatic heterocycles. The first-order valence-electron chi connectivity index (χ1n) is 9.64. The molecule has 0 spiro atoms. The van der Waals surface area contributed by atoms with E-state index in [0.717, 1.165) is 33.8 Å². The molecule has 0 unspecified atom stereocenters. The highest BCUT2D eigenvalue weighted by molar-refractivity contribution is 6.31. The third-order valence-corrected chi connectivity index (χ3v) is 5.43. The van der Waals surface area contributed by atoms with Crippen molar-refractivity contribution in [3.8, 4) is 0 Å². The minimum absolute atomic E-state index is 0.00923. The minimum atomic E-state index is -0.00923. The molecule has 2 aromatic carbocycles. The Labute approximate surface area is 173 Å². The number of aryl methyl sites for hydroxylation is 1. The molecule has 0 bridgehead atoms. The fraction of sp³-hybridized carbons (Fsp3) is 0.217. The first-order chi connectivity index (χ1) is 14.0. The summed E-state index contributed by atoms with van der Waals surface area (Å²) in [5.41, 5.74) is 3.84. The van der Waals surface area contributed by atoms with Crippen molar-refractivity contribution in [3.05, 3.63) is 71.0 Å². The van der Waals surface area contributed by atoms with Crippen LogP contribution in [0.4, 0.5) is 0 Å². The van der Waals surface area contributed by atoms with Crippen LogP contribution in [0.25, 0.3) is 21.8 Å². The van der Waals surface area contributed by atoms with Crippen LogP contribution in [-0.4, -0.2) is 27.8 Å². The Kier molecular flexibility index (Phi) is 5.41. The van der Waals surface area contributed by atoms with E-state index in [1.807, 2.05) is 59.4 Å². The number of halogens is 1. The number of nitrogens with zero attached hydrogens (tertiary/aromatic N) is 1. The lowest BCUT2D eigenvalue weighted by Gasteiger charge is -2.07. The molecule has 0 aliphatic carbocycles. The highest BCUT2D eigenvalue weighted by Gasteiger charge is 2.12. The number of H-pyrrole nitrogens is 1. The monoisotopic (exact) mass is 407 g/mol. The first kappa shape index (κ1) is 19.3. The van der Waals surface area contributed by atoms with Crippen molar-refractivity contribution >= 4 is 45.1 Å². The van der Waals surface area contributed by atoms with Gasteiger partial charge in [0.2, 0.25) is 5.91 Å².